The van der Waals surface area contributed by atoms with Gasteiger partial charge in [0, 0.05) is 31.2 Å². The van der Waals surface area contributed by atoms with Crippen molar-refractivity contribution in [3.05, 3.63) is 46.6 Å². The number of carbonyl (C=O) groups excluding carboxylic acids is 1. The molecule has 0 N–H and O–H groups in total. The summed E-state index contributed by atoms with van der Waals surface area (Å²) in [4.78, 5) is 20.7. The Balaban J connectivity index is 1.48. The fourth-order valence-electron chi connectivity index (χ4n) is 2.64. The third-order valence-corrected chi connectivity index (χ3v) is 4.17. The molecule has 1 aromatic carbocycles. The van der Waals surface area contributed by atoms with Crippen molar-refractivity contribution in [3.63, 3.8) is 0 Å². The number of amides is 1. The molecule has 0 radical (unpaired) electrons. The van der Waals surface area contributed by atoms with Gasteiger partial charge in [-0.15, -0.1) is 0 Å². The Hall–Kier alpha value is -1.92. The third-order valence-electron chi connectivity index (χ3n) is 3.92. The number of benzene rings is 1. The van der Waals surface area contributed by atoms with Crippen LogP contribution in [0.1, 0.15) is 17.3 Å². The first-order valence-electron chi connectivity index (χ1n) is 7.64. The molecular weight excluding hydrogens is 316 g/mol. The number of halogens is 1. The third kappa shape index (κ3) is 4.30. The molecule has 0 spiro atoms. The standard InChI is InChI=1S/C16H19ClN4O2/c1-12-18-15(23-19-12)11-20-6-8-21(9-7-20)16(22)10-13-2-4-14(17)5-3-13/h2-5H,6-11H2,1H3. The summed E-state index contributed by atoms with van der Waals surface area (Å²) in [5.41, 5.74) is 0.989. The number of nitrogens with zero attached hydrogens (tertiary/aromatic N) is 4. The smallest absolute Gasteiger partial charge is 0.240 e. The van der Waals surface area contributed by atoms with Crippen LogP contribution in [-0.2, 0) is 17.8 Å². The molecule has 1 saturated heterocycles. The molecule has 0 aliphatic carbocycles. The van der Waals surface area contributed by atoms with E-state index in [-0.39, 0.29) is 5.91 Å². The first-order chi connectivity index (χ1) is 11.1. The van der Waals surface area contributed by atoms with E-state index in [9.17, 15) is 4.79 Å². The number of aromatic nitrogens is 2. The highest BCUT2D eigenvalue weighted by molar-refractivity contribution is 6.30. The van der Waals surface area contributed by atoms with Gasteiger partial charge in [-0.05, 0) is 24.6 Å². The molecule has 0 atom stereocenters. The lowest BCUT2D eigenvalue weighted by Crippen LogP contribution is -2.48. The molecule has 1 aromatic heterocycles. The van der Waals surface area contributed by atoms with Crippen LogP contribution in [0.4, 0.5) is 0 Å². The molecule has 1 amide bonds. The van der Waals surface area contributed by atoms with Crippen LogP contribution in [0.5, 0.6) is 0 Å². The normalized spacial score (nSPS) is 15.8. The van der Waals surface area contributed by atoms with E-state index in [1.54, 1.807) is 6.92 Å². The molecule has 23 heavy (non-hydrogen) atoms. The quantitative estimate of drug-likeness (QED) is 0.854. The summed E-state index contributed by atoms with van der Waals surface area (Å²) in [7, 11) is 0. The van der Waals surface area contributed by atoms with Crippen molar-refractivity contribution in [1.29, 1.82) is 0 Å². The predicted molar refractivity (Wildman–Crippen MR) is 86.0 cm³/mol. The Morgan fingerprint density at radius 2 is 1.91 bits per heavy atom. The van der Waals surface area contributed by atoms with Crippen molar-refractivity contribution in [3.8, 4) is 0 Å². The number of hydrogen-bond donors (Lipinski definition) is 0. The Morgan fingerprint density at radius 1 is 1.22 bits per heavy atom. The highest BCUT2D eigenvalue weighted by Gasteiger charge is 2.22. The van der Waals surface area contributed by atoms with Gasteiger partial charge in [-0.25, -0.2) is 0 Å². The minimum absolute atomic E-state index is 0.153. The van der Waals surface area contributed by atoms with Gasteiger partial charge >= 0.3 is 0 Å². The number of hydrogen-bond acceptors (Lipinski definition) is 5. The van der Waals surface area contributed by atoms with Gasteiger partial charge in [0.25, 0.3) is 0 Å². The average molecular weight is 335 g/mol. The molecule has 7 heteroatoms. The Morgan fingerprint density at radius 3 is 2.52 bits per heavy atom. The summed E-state index contributed by atoms with van der Waals surface area (Å²) >= 11 is 5.86. The Labute approximate surface area is 140 Å². The van der Waals surface area contributed by atoms with Crippen LogP contribution < -0.4 is 0 Å². The SMILES string of the molecule is Cc1noc(CN2CCN(C(=O)Cc3ccc(Cl)cc3)CC2)n1. The number of rotatable bonds is 4. The molecule has 3 rings (SSSR count). The maximum atomic E-state index is 12.4. The first-order valence-corrected chi connectivity index (χ1v) is 8.02. The van der Waals surface area contributed by atoms with Gasteiger partial charge < -0.3 is 9.42 Å². The summed E-state index contributed by atoms with van der Waals surface area (Å²) in [6.45, 7) is 5.51. The highest BCUT2D eigenvalue weighted by atomic mass is 35.5. The van der Waals surface area contributed by atoms with Gasteiger partial charge in [-0.3, -0.25) is 9.69 Å². The molecule has 0 bridgehead atoms. The molecule has 6 nitrogen and oxygen atoms in total. The summed E-state index contributed by atoms with van der Waals surface area (Å²) in [6.07, 6.45) is 0.417. The molecule has 2 heterocycles. The fraction of sp³-hybridized carbons (Fsp3) is 0.438. The zero-order valence-corrected chi connectivity index (χ0v) is 13.8. The van der Waals surface area contributed by atoms with E-state index < -0.39 is 0 Å². The first kappa shape index (κ1) is 16.0. The van der Waals surface area contributed by atoms with Crippen LogP contribution in [0.25, 0.3) is 0 Å². The van der Waals surface area contributed by atoms with Crippen molar-refractivity contribution < 1.29 is 9.32 Å². The van der Waals surface area contributed by atoms with Crippen molar-refractivity contribution in [1.82, 2.24) is 19.9 Å². The second-order valence-corrected chi connectivity index (χ2v) is 6.13. The monoisotopic (exact) mass is 334 g/mol. The largest absolute Gasteiger partial charge is 0.340 e. The molecule has 0 saturated carbocycles. The lowest BCUT2D eigenvalue weighted by Gasteiger charge is -2.34. The molecule has 1 fully saturated rings. The number of piperazine rings is 1. The predicted octanol–water partition coefficient (Wildman–Crippen LogP) is 1.92. The highest BCUT2D eigenvalue weighted by Crippen LogP contribution is 2.12. The summed E-state index contributed by atoms with van der Waals surface area (Å²) in [6, 6.07) is 7.42. The van der Waals surface area contributed by atoms with Gasteiger partial charge in [-0.1, -0.05) is 28.9 Å². The molecule has 122 valence electrons. The van der Waals surface area contributed by atoms with Crippen LogP contribution in [0, 0.1) is 6.92 Å². The van der Waals surface area contributed by atoms with Crippen LogP contribution in [0.2, 0.25) is 5.02 Å². The average Bonchev–Trinajstić information content (AvgIpc) is 2.95. The molecule has 0 unspecified atom stereocenters. The lowest BCUT2D eigenvalue weighted by molar-refractivity contribution is -0.132. The van der Waals surface area contributed by atoms with Crippen molar-refractivity contribution >= 4 is 17.5 Å². The minimum atomic E-state index is 0.153. The fourth-order valence-corrected chi connectivity index (χ4v) is 2.77. The van der Waals surface area contributed by atoms with Gasteiger partial charge in [0.15, 0.2) is 5.82 Å². The van der Waals surface area contributed by atoms with Gasteiger partial charge in [0.1, 0.15) is 0 Å². The van der Waals surface area contributed by atoms with E-state index in [0.29, 0.717) is 29.7 Å². The van der Waals surface area contributed by atoms with E-state index in [1.807, 2.05) is 29.2 Å². The van der Waals surface area contributed by atoms with Crippen LogP contribution >= 0.6 is 11.6 Å². The Bertz CT molecular complexity index is 663. The maximum Gasteiger partial charge on any atom is 0.240 e. The van der Waals surface area contributed by atoms with E-state index >= 15 is 0 Å². The second-order valence-electron chi connectivity index (χ2n) is 5.70. The van der Waals surface area contributed by atoms with E-state index in [4.69, 9.17) is 16.1 Å². The van der Waals surface area contributed by atoms with Crippen molar-refractivity contribution in [2.24, 2.45) is 0 Å². The molecular formula is C16H19ClN4O2. The van der Waals surface area contributed by atoms with Crippen LogP contribution in [0.3, 0.4) is 0 Å². The molecule has 1 aliphatic rings. The molecule has 1 aliphatic heterocycles. The van der Waals surface area contributed by atoms with E-state index in [0.717, 1.165) is 31.7 Å². The summed E-state index contributed by atoms with van der Waals surface area (Å²) in [5.74, 6) is 1.43. The lowest BCUT2D eigenvalue weighted by atomic mass is 10.1. The van der Waals surface area contributed by atoms with Crippen LogP contribution in [0.15, 0.2) is 28.8 Å². The van der Waals surface area contributed by atoms with Crippen molar-refractivity contribution in [2.45, 2.75) is 19.9 Å². The number of carbonyl (C=O) groups is 1. The van der Waals surface area contributed by atoms with E-state index in [1.165, 1.54) is 0 Å². The maximum absolute atomic E-state index is 12.4. The molecule has 2 aromatic rings. The van der Waals surface area contributed by atoms with Gasteiger partial charge in [0.05, 0.1) is 13.0 Å². The summed E-state index contributed by atoms with van der Waals surface area (Å²) < 4.78 is 5.14. The van der Waals surface area contributed by atoms with Gasteiger partial charge in [0.2, 0.25) is 11.8 Å². The van der Waals surface area contributed by atoms with Crippen LogP contribution in [-0.4, -0.2) is 52.0 Å². The van der Waals surface area contributed by atoms with Gasteiger partial charge in [-0.2, -0.15) is 4.98 Å². The summed E-state index contributed by atoms with van der Waals surface area (Å²) in [5, 5.41) is 4.48. The number of aryl methyl sites for hydroxylation is 1. The zero-order chi connectivity index (χ0) is 16.2. The van der Waals surface area contributed by atoms with E-state index in [2.05, 4.69) is 15.0 Å². The topological polar surface area (TPSA) is 62.5 Å². The second kappa shape index (κ2) is 7.10. The van der Waals surface area contributed by atoms with Crippen molar-refractivity contribution in [2.75, 3.05) is 26.2 Å². The zero-order valence-electron chi connectivity index (χ0n) is 13.0. The minimum Gasteiger partial charge on any atom is -0.340 e. The Kier molecular flexibility index (Phi) is 4.93.